The standard InChI is InChI=1S/C19H22ClFN2O4/c20-14-6-5-12(8-15(14)21)16(9-17(24)25)22-18(26)13-2-1-7-23(10-13)19(27)11-3-4-11/h5-6,8,11,13,16H,1-4,7,9-10H2,(H,22,26)(H,24,25). The molecule has 1 heterocycles. The van der Waals surface area contributed by atoms with E-state index in [4.69, 9.17) is 16.7 Å². The number of carbonyl (C=O) groups excluding carboxylic acids is 2. The molecule has 8 heteroatoms. The first kappa shape index (κ1) is 19.6. The van der Waals surface area contributed by atoms with Gasteiger partial charge in [0.15, 0.2) is 0 Å². The van der Waals surface area contributed by atoms with Crippen molar-refractivity contribution in [2.24, 2.45) is 11.8 Å². The topological polar surface area (TPSA) is 86.7 Å². The maximum Gasteiger partial charge on any atom is 0.305 e. The van der Waals surface area contributed by atoms with Crippen LogP contribution in [0.1, 0.15) is 43.7 Å². The fourth-order valence-corrected chi connectivity index (χ4v) is 3.54. The Morgan fingerprint density at radius 1 is 1.26 bits per heavy atom. The molecule has 1 aromatic rings. The van der Waals surface area contributed by atoms with Gasteiger partial charge >= 0.3 is 5.97 Å². The van der Waals surface area contributed by atoms with Crippen LogP contribution < -0.4 is 5.32 Å². The van der Waals surface area contributed by atoms with Gasteiger partial charge < -0.3 is 15.3 Å². The van der Waals surface area contributed by atoms with Crippen molar-refractivity contribution in [3.05, 3.63) is 34.6 Å². The van der Waals surface area contributed by atoms with Gasteiger partial charge in [-0.1, -0.05) is 17.7 Å². The Hall–Kier alpha value is -2.15. The monoisotopic (exact) mass is 396 g/mol. The second kappa shape index (κ2) is 8.25. The van der Waals surface area contributed by atoms with E-state index in [1.54, 1.807) is 4.90 Å². The van der Waals surface area contributed by atoms with Crippen molar-refractivity contribution >= 4 is 29.4 Å². The maximum absolute atomic E-state index is 13.8. The smallest absolute Gasteiger partial charge is 0.305 e. The third kappa shape index (κ3) is 4.97. The Balaban J connectivity index is 1.68. The summed E-state index contributed by atoms with van der Waals surface area (Å²) >= 11 is 5.68. The highest BCUT2D eigenvalue weighted by molar-refractivity contribution is 6.30. The van der Waals surface area contributed by atoms with Gasteiger partial charge in [-0.3, -0.25) is 14.4 Å². The van der Waals surface area contributed by atoms with E-state index in [-0.39, 0.29) is 29.2 Å². The molecule has 146 valence electrons. The third-order valence-electron chi connectivity index (χ3n) is 5.07. The van der Waals surface area contributed by atoms with E-state index in [0.717, 1.165) is 25.3 Å². The summed E-state index contributed by atoms with van der Waals surface area (Å²) in [5.74, 6) is -2.28. The lowest BCUT2D eigenvalue weighted by Gasteiger charge is -2.33. The van der Waals surface area contributed by atoms with Crippen LogP contribution in [0.4, 0.5) is 4.39 Å². The molecule has 1 aliphatic carbocycles. The lowest BCUT2D eigenvalue weighted by atomic mass is 9.95. The number of hydrogen-bond acceptors (Lipinski definition) is 3. The van der Waals surface area contributed by atoms with Gasteiger partial charge in [0.25, 0.3) is 0 Å². The Bertz CT molecular complexity index is 753. The highest BCUT2D eigenvalue weighted by atomic mass is 35.5. The molecule has 2 aliphatic rings. The summed E-state index contributed by atoms with van der Waals surface area (Å²) in [5.41, 5.74) is 0.342. The van der Waals surface area contributed by atoms with E-state index in [9.17, 15) is 18.8 Å². The molecule has 1 aliphatic heterocycles. The molecule has 0 spiro atoms. The predicted molar refractivity (Wildman–Crippen MR) is 96.6 cm³/mol. The second-order valence-electron chi connectivity index (χ2n) is 7.23. The third-order valence-corrected chi connectivity index (χ3v) is 5.38. The van der Waals surface area contributed by atoms with Gasteiger partial charge in [-0.2, -0.15) is 0 Å². The Labute approximate surface area is 161 Å². The van der Waals surface area contributed by atoms with Crippen LogP contribution in [0.25, 0.3) is 0 Å². The van der Waals surface area contributed by atoms with Crippen LogP contribution in [0.3, 0.4) is 0 Å². The van der Waals surface area contributed by atoms with Crippen molar-refractivity contribution in [2.45, 2.75) is 38.1 Å². The highest BCUT2D eigenvalue weighted by Crippen LogP contribution is 2.32. The van der Waals surface area contributed by atoms with Gasteiger partial charge in [0.2, 0.25) is 11.8 Å². The van der Waals surface area contributed by atoms with Crippen LogP contribution >= 0.6 is 11.6 Å². The van der Waals surface area contributed by atoms with Crippen molar-refractivity contribution in [1.29, 1.82) is 0 Å². The Kier molecular flexibility index (Phi) is 5.99. The van der Waals surface area contributed by atoms with Gasteiger partial charge in [-0.25, -0.2) is 4.39 Å². The van der Waals surface area contributed by atoms with Gasteiger partial charge in [-0.05, 0) is 43.4 Å². The summed E-state index contributed by atoms with van der Waals surface area (Å²) in [6.45, 7) is 0.996. The Morgan fingerprint density at radius 3 is 2.63 bits per heavy atom. The predicted octanol–water partition coefficient (Wildman–Crippen LogP) is 2.76. The van der Waals surface area contributed by atoms with Crippen LogP contribution in [0.15, 0.2) is 18.2 Å². The SMILES string of the molecule is O=C(O)CC(NC(=O)C1CCCN(C(=O)C2CC2)C1)c1ccc(Cl)c(F)c1. The van der Waals surface area contributed by atoms with E-state index < -0.39 is 23.7 Å². The molecule has 1 saturated heterocycles. The van der Waals surface area contributed by atoms with Gasteiger partial charge in [0, 0.05) is 19.0 Å². The summed E-state index contributed by atoms with van der Waals surface area (Å²) in [4.78, 5) is 37.9. The molecule has 27 heavy (non-hydrogen) atoms. The summed E-state index contributed by atoms with van der Waals surface area (Å²) in [6, 6.07) is 3.11. The number of rotatable bonds is 6. The number of nitrogens with one attached hydrogen (secondary N) is 1. The number of carbonyl (C=O) groups is 3. The first-order chi connectivity index (χ1) is 12.8. The zero-order chi connectivity index (χ0) is 19.6. The minimum atomic E-state index is -1.11. The van der Waals surface area contributed by atoms with Gasteiger partial charge in [-0.15, -0.1) is 0 Å². The number of benzene rings is 1. The van der Waals surface area contributed by atoms with Crippen LogP contribution in [0.2, 0.25) is 5.02 Å². The Morgan fingerprint density at radius 2 is 2.00 bits per heavy atom. The van der Waals surface area contributed by atoms with Crippen LogP contribution in [-0.4, -0.2) is 40.9 Å². The fraction of sp³-hybridized carbons (Fsp3) is 0.526. The quantitative estimate of drug-likeness (QED) is 0.774. The number of carboxylic acid groups (broad SMARTS) is 1. The molecule has 0 radical (unpaired) electrons. The van der Waals surface area contributed by atoms with Crippen LogP contribution in [-0.2, 0) is 14.4 Å². The van der Waals surface area contributed by atoms with Crippen molar-refractivity contribution in [3.8, 4) is 0 Å². The fourth-order valence-electron chi connectivity index (χ4n) is 3.43. The molecule has 1 aromatic carbocycles. The van der Waals surface area contributed by atoms with Crippen molar-refractivity contribution in [2.75, 3.05) is 13.1 Å². The minimum Gasteiger partial charge on any atom is -0.481 e. The number of aliphatic carboxylic acids is 1. The molecule has 2 fully saturated rings. The van der Waals surface area contributed by atoms with E-state index in [1.807, 2.05) is 0 Å². The largest absolute Gasteiger partial charge is 0.481 e. The number of piperidine rings is 1. The minimum absolute atomic E-state index is 0.0688. The average Bonchev–Trinajstić information content (AvgIpc) is 3.47. The average molecular weight is 397 g/mol. The maximum atomic E-state index is 13.8. The number of nitrogens with zero attached hydrogens (tertiary/aromatic N) is 1. The zero-order valence-electron chi connectivity index (χ0n) is 14.8. The lowest BCUT2D eigenvalue weighted by Crippen LogP contribution is -2.46. The highest BCUT2D eigenvalue weighted by Gasteiger charge is 2.37. The van der Waals surface area contributed by atoms with Crippen molar-refractivity contribution < 1.29 is 23.9 Å². The molecule has 2 amide bonds. The van der Waals surface area contributed by atoms with E-state index in [2.05, 4.69) is 5.32 Å². The second-order valence-corrected chi connectivity index (χ2v) is 7.64. The number of carboxylic acids is 1. The van der Waals surface area contributed by atoms with E-state index in [0.29, 0.717) is 25.1 Å². The lowest BCUT2D eigenvalue weighted by molar-refractivity contribution is -0.138. The van der Waals surface area contributed by atoms with Gasteiger partial charge in [0.1, 0.15) is 5.82 Å². The normalized spacial score (nSPS) is 20.8. The molecule has 3 rings (SSSR count). The van der Waals surface area contributed by atoms with Crippen LogP contribution in [0, 0.1) is 17.7 Å². The molecule has 6 nitrogen and oxygen atoms in total. The summed E-state index contributed by atoms with van der Waals surface area (Å²) in [6.07, 6.45) is 2.82. The van der Waals surface area contributed by atoms with Gasteiger partial charge in [0.05, 0.1) is 23.4 Å². The number of amides is 2. The van der Waals surface area contributed by atoms with E-state index in [1.165, 1.54) is 12.1 Å². The first-order valence-corrected chi connectivity index (χ1v) is 9.49. The summed E-state index contributed by atoms with van der Waals surface area (Å²) < 4.78 is 13.8. The summed E-state index contributed by atoms with van der Waals surface area (Å²) in [5, 5.41) is 11.8. The molecule has 2 unspecified atom stereocenters. The first-order valence-electron chi connectivity index (χ1n) is 9.11. The van der Waals surface area contributed by atoms with E-state index >= 15 is 0 Å². The molecular formula is C19H22ClFN2O4. The molecular weight excluding hydrogens is 375 g/mol. The number of hydrogen-bond donors (Lipinski definition) is 2. The molecule has 0 bridgehead atoms. The van der Waals surface area contributed by atoms with Crippen molar-refractivity contribution in [3.63, 3.8) is 0 Å². The molecule has 0 aromatic heterocycles. The number of likely N-dealkylation sites (tertiary alicyclic amines) is 1. The molecule has 2 N–H and O–H groups in total. The molecule has 2 atom stereocenters. The van der Waals surface area contributed by atoms with Crippen molar-refractivity contribution in [1.82, 2.24) is 10.2 Å². The van der Waals surface area contributed by atoms with Crippen LogP contribution in [0.5, 0.6) is 0 Å². The zero-order valence-corrected chi connectivity index (χ0v) is 15.5. The number of halogens is 2. The summed E-state index contributed by atoms with van der Waals surface area (Å²) in [7, 11) is 0. The molecule has 1 saturated carbocycles.